The van der Waals surface area contributed by atoms with E-state index in [1.165, 1.54) is 16.7 Å². The van der Waals surface area contributed by atoms with E-state index in [2.05, 4.69) is 20.9 Å². The van der Waals surface area contributed by atoms with Gasteiger partial charge in [0.15, 0.2) is 4.90 Å². The van der Waals surface area contributed by atoms with Gasteiger partial charge in [0.25, 0.3) is 5.56 Å². The molecule has 1 atom stereocenters. The molecule has 0 spiro atoms. The average Bonchev–Trinajstić information content (AvgIpc) is 2.75. The Kier molecular flexibility index (Phi) is 7.33. The van der Waals surface area contributed by atoms with Crippen LogP contribution >= 0.6 is 15.9 Å². The second-order valence-electron chi connectivity index (χ2n) is 7.25. The smallest absolute Gasteiger partial charge is 0.296 e. The fraction of sp³-hybridized carbons (Fsp3) is 0.304. The molecule has 0 unspecified atom stereocenters. The summed E-state index contributed by atoms with van der Waals surface area (Å²) in [6, 6.07) is 15.1. The minimum absolute atomic E-state index is 0.0782. The summed E-state index contributed by atoms with van der Waals surface area (Å²) in [4.78, 5) is 16.2. The van der Waals surface area contributed by atoms with Gasteiger partial charge in [0.05, 0.1) is 10.9 Å². The van der Waals surface area contributed by atoms with Gasteiger partial charge >= 0.3 is 0 Å². The first-order chi connectivity index (χ1) is 14.8. The van der Waals surface area contributed by atoms with Crippen LogP contribution in [0.5, 0.6) is 5.88 Å². The molecule has 0 fully saturated rings. The SMILES string of the molecule is CCCCc1nc(=O)c(S(=O)(=O)c2ccc(Br)cc2)c(O)n1[C@H](CC)c1ccccc1. The molecular weight excluding hydrogens is 480 g/mol. The average molecular weight is 505 g/mol. The number of sulfone groups is 1. The van der Waals surface area contributed by atoms with Gasteiger partial charge in [0.2, 0.25) is 15.7 Å². The van der Waals surface area contributed by atoms with Gasteiger partial charge in [-0.2, -0.15) is 4.98 Å². The zero-order valence-electron chi connectivity index (χ0n) is 17.5. The normalized spacial score (nSPS) is 12.6. The standard InChI is InChI=1S/C23H25BrN2O4S/c1-3-5-11-20-25-22(27)21(31(29,30)18-14-12-17(24)13-15-18)23(28)26(20)19(4-2)16-9-7-6-8-10-16/h6-10,12-15,19,28H,3-5,11H2,1-2H3/t19-/m1/s1. The molecule has 0 radical (unpaired) electrons. The Morgan fingerprint density at radius 1 is 1.06 bits per heavy atom. The highest BCUT2D eigenvalue weighted by Gasteiger charge is 2.31. The lowest BCUT2D eigenvalue weighted by Crippen LogP contribution is -2.27. The van der Waals surface area contributed by atoms with Crippen molar-refractivity contribution in [3.63, 3.8) is 0 Å². The molecule has 164 valence electrons. The second kappa shape index (κ2) is 9.78. The maximum atomic E-state index is 13.3. The van der Waals surface area contributed by atoms with E-state index in [0.29, 0.717) is 23.1 Å². The van der Waals surface area contributed by atoms with Gasteiger partial charge in [-0.15, -0.1) is 0 Å². The Morgan fingerprint density at radius 3 is 2.29 bits per heavy atom. The number of nitrogens with zero attached hydrogens (tertiary/aromatic N) is 2. The monoisotopic (exact) mass is 504 g/mol. The minimum Gasteiger partial charge on any atom is -0.493 e. The van der Waals surface area contributed by atoms with Crippen LogP contribution in [0.2, 0.25) is 0 Å². The topological polar surface area (TPSA) is 89.3 Å². The minimum atomic E-state index is -4.27. The summed E-state index contributed by atoms with van der Waals surface area (Å²) in [6.45, 7) is 3.96. The number of halogens is 1. The Bertz CT molecular complexity index is 1210. The molecule has 0 aliphatic rings. The molecule has 0 saturated carbocycles. The first-order valence-corrected chi connectivity index (χ1v) is 12.5. The third-order valence-corrected chi connectivity index (χ3v) is 7.48. The van der Waals surface area contributed by atoms with E-state index in [4.69, 9.17) is 0 Å². The number of hydrogen-bond acceptors (Lipinski definition) is 5. The number of benzene rings is 2. The van der Waals surface area contributed by atoms with Crippen molar-refractivity contribution < 1.29 is 13.5 Å². The van der Waals surface area contributed by atoms with Crippen LogP contribution in [0.3, 0.4) is 0 Å². The van der Waals surface area contributed by atoms with Crippen LogP contribution in [0.15, 0.2) is 73.7 Å². The third kappa shape index (κ3) is 4.75. The first-order valence-electron chi connectivity index (χ1n) is 10.2. The van der Waals surface area contributed by atoms with Gasteiger partial charge in [-0.25, -0.2) is 8.42 Å². The Morgan fingerprint density at radius 2 is 1.71 bits per heavy atom. The Labute approximate surface area is 190 Å². The number of rotatable bonds is 8. The number of aromatic nitrogens is 2. The van der Waals surface area contributed by atoms with Crippen LogP contribution < -0.4 is 5.56 Å². The van der Waals surface area contributed by atoms with Crippen LogP contribution in [-0.2, 0) is 16.3 Å². The lowest BCUT2D eigenvalue weighted by atomic mass is 10.0. The van der Waals surface area contributed by atoms with Crippen LogP contribution in [0.4, 0.5) is 0 Å². The van der Waals surface area contributed by atoms with E-state index in [1.54, 1.807) is 12.1 Å². The molecule has 0 aliphatic carbocycles. The van der Waals surface area contributed by atoms with Gasteiger partial charge in [0.1, 0.15) is 5.82 Å². The molecular formula is C23H25BrN2O4S. The fourth-order valence-corrected chi connectivity index (χ4v) is 5.21. The van der Waals surface area contributed by atoms with E-state index >= 15 is 0 Å². The highest BCUT2D eigenvalue weighted by Crippen LogP contribution is 2.33. The molecule has 6 nitrogen and oxygen atoms in total. The zero-order chi connectivity index (χ0) is 22.6. The summed E-state index contributed by atoms with van der Waals surface area (Å²) >= 11 is 3.27. The van der Waals surface area contributed by atoms with Gasteiger partial charge in [0, 0.05) is 10.9 Å². The summed E-state index contributed by atoms with van der Waals surface area (Å²) in [5, 5.41) is 11.2. The predicted octanol–water partition coefficient (Wildman–Crippen LogP) is 4.89. The number of aryl methyl sites for hydroxylation is 1. The first kappa shape index (κ1) is 23.2. The largest absolute Gasteiger partial charge is 0.493 e. The van der Waals surface area contributed by atoms with Crippen LogP contribution in [0, 0.1) is 0 Å². The Hall–Kier alpha value is -2.45. The van der Waals surface area contributed by atoms with Gasteiger partial charge in [-0.1, -0.05) is 66.5 Å². The van der Waals surface area contributed by atoms with Crippen molar-refractivity contribution >= 4 is 25.8 Å². The van der Waals surface area contributed by atoms with Crippen LogP contribution in [0.1, 0.15) is 50.5 Å². The molecule has 1 N–H and O–H groups in total. The summed E-state index contributed by atoms with van der Waals surface area (Å²) in [6.07, 6.45) is 2.67. The van der Waals surface area contributed by atoms with E-state index < -0.39 is 26.2 Å². The van der Waals surface area contributed by atoms with E-state index in [-0.39, 0.29) is 10.9 Å². The molecule has 0 saturated heterocycles. The maximum absolute atomic E-state index is 13.3. The number of hydrogen-bond donors (Lipinski definition) is 1. The molecule has 8 heteroatoms. The number of aromatic hydroxyl groups is 1. The van der Waals surface area contributed by atoms with E-state index in [9.17, 15) is 18.3 Å². The highest BCUT2D eigenvalue weighted by atomic mass is 79.9. The summed E-state index contributed by atoms with van der Waals surface area (Å²) in [5.41, 5.74) is -0.0406. The van der Waals surface area contributed by atoms with E-state index in [1.807, 2.05) is 44.2 Å². The summed E-state index contributed by atoms with van der Waals surface area (Å²) in [7, 11) is -4.27. The predicted molar refractivity (Wildman–Crippen MR) is 123 cm³/mol. The van der Waals surface area contributed by atoms with Crippen molar-refractivity contribution in [2.75, 3.05) is 0 Å². The lowest BCUT2D eigenvalue weighted by Gasteiger charge is -2.25. The summed E-state index contributed by atoms with van der Waals surface area (Å²) < 4.78 is 28.8. The molecule has 1 aromatic heterocycles. The van der Waals surface area contributed by atoms with E-state index in [0.717, 1.165) is 18.4 Å². The van der Waals surface area contributed by atoms with Crippen molar-refractivity contribution in [1.29, 1.82) is 0 Å². The molecule has 0 bridgehead atoms. The molecule has 3 rings (SSSR count). The lowest BCUT2D eigenvalue weighted by molar-refractivity contribution is 0.358. The van der Waals surface area contributed by atoms with Crippen molar-refractivity contribution in [3.8, 4) is 5.88 Å². The molecule has 3 aromatic rings. The summed E-state index contributed by atoms with van der Waals surface area (Å²) in [5.74, 6) is -0.181. The molecule has 0 amide bonds. The van der Waals surface area contributed by atoms with Crippen molar-refractivity contribution in [2.45, 2.75) is 55.4 Å². The second-order valence-corrected chi connectivity index (χ2v) is 10.1. The van der Waals surface area contributed by atoms with Crippen molar-refractivity contribution in [3.05, 3.63) is 80.8 Å². The fourth-order valence-electron chi connectivity index (χ4n) is 3.60. The van der Waals surface area contributed by atoms with Gasteiger partial charge in [-0.3, -0.25) is 9.36 Å². The van der Waals surface area contributed by atoms with Gasteiger partial charge < -0.3 is 5.11 Å². The third-order valence-electron chi connectivity index (χ3n) is 5.16. The molecule has 2 aromatic carbocycles. The molecule has 0 aliphatic heterocycles. The molecule has 31 heavy (non-hydrogen) atoms. The van der Waals surface area contributed by atoms with Crippen LogP contribution in [0.25, 0.3) is 0 Å². The zero-order valence-corrected chi connectivity index (χ0v) is 19.9. The Balaban J connectivity index is 2.28. The van der Waals surface area contributed by atoms with Gasteiger partial charge in [-0.05, 0) is 42.7 Å². The van der Waals surface area contributed by atoms with Crippen molar-refractivity contribution in [1.82, 2.24) is 9.55 Å². The number of unbranched alkanes of at least 4 members (excludes halogenated alkanes) is 1. The van der Waals surface area contributed by atoms with Crippen molar-refractivity contribution in [2.24, 2.45) is 0 Å². The quantitative estimate of drug-likeness (QED) is 0.471. The highest BCUT2D eigenvalue weighted by molar-refractivity contribution is 9.10. The van der Waals surface area contributed by atoms with Crippen LogP contribution in [-0.4, -0.2) is 23.1 Å². The maximum Gasteiger partial charge on any atom is 0.296 e. The molecule has 1 heterocycles.